The van der Waals surface area contributed by atoms with E-state index in [-0.39, 0.29) is 29.7 Å². The lowest BCUT2D eigenvalue weighted by molar-refractivity contribution is 0.429. The number of sulfonamides is 1. The van der Waals surface area contributed by atoms with Crippen molar-refractivity contribution in [3.8, 4) is 0 Å². The van der Waals surface area contributed by atoms with Crippen molar-refractivity contribution in [1.29, 1.82) is 0 Å². The standard InChI is InChI=1S/C24H30BrN4O3PS/c1-16(2)33(30)11-9-29(10-12-33)34(31,32)23-6-5-22(21-15-26-8-7-20(21)23)28-18(4)24-17(3)13-19(25)14-27-24/h5-8,13-16,18,28H,9-12H2,1-4H3. The quantitative estimate of drug-likeness (QED) is 0.389. The molecule has 1 unspecified atom stereocenters. The van der Waals surface area contributed by atoms with E-state index in [4.69, 9.17) is 0 Å². The minimum absolute atomic E-state index is 0.0838. The summed E-state index contributed by atoms with van der Waals surface area (Å²) in [4.78, 5) is 9.05. The molecule has 7 nitrogen and oxygen atoms in total. The Morgan fingerprint density at radius 3 is 2.44 bits per heavy atom. The maximum absolute atomic E-state index is 13.6. The van der Waals surface area contributed by atoms with Gasteiger partial charge in [0.1, 0.15) is 0 Å². The molecule has 1 aliphatic rings. The van der Waals surface area contributed by atoms with E-state index in [1.165, 1.54) is 4.31 Å². The second kappa shape index (κ2) is 9.69. The van der Waals surface area contributed by atoms with Gasteiger partial charge in [-0.25, -0.2) is 8.42 Å². The van der Waals surface area contributed by atoms with Crippen molar-refractivity contribution >= 4 is 49.6 Å². The average Bonchev–Trinajstić information content (AvgIpc) is 2.79. The van der Waals surface area contributed by atoms with Gasteiger partial charge in [0, 0.05) is 70.6 Å². The van der Waals surface area contributed by atoms with Crippen LogP contribution in [0, 0.1) is 6.92 Å². The van der Waals surface area contributed by atoms with Gasteiger partial charge in [0.05, 0.1) is 23.8 Å². The van der Waals surface area contributed by atoms with Crippen molar-refractivity contribution in [2.75, 3.05) is 30.7 Å². The SMILES string of the molecule is Cc1cc(Br)cnc1C(C)Nc1ccc(S(=O)(=O)N2CCP(=O)(C(C)C)CC2)c2ccncc12. The number of rotatable bonds is 6. The molecule has 1 aliphatic heterocycles. The first-order chi connectivity index (χ1) is 16.0. The average molecular weight is 565 g/mol. The van der Waals surface area contributed by atoms with Crippen LogP contribution in [0.1, 0.15) is 38.1 Å². The molecule has 3 aromatic rings. The van der Waals surface area contributed by atoms with E-state index in [1.807, 2.05) is 33.8 Å². The summed E-state index contributed by atoms with van der Waals surface area (Å²) in [5.41, 5.74) is 2.85. The molecule has 34 heavy (non-hydrogen) atoms. The Morgan fingerprint density at radius 1 is 1.09 bits per heavy atom. The van der Waals surface area contributed by atoms with Crippen LogP contribution in [0.15, 0.2) is 52.2 Å². The normalized spacial score (nSPS) is 17.7. The van der Waals surface area contributed by atoms with Gasteiger partial charge < -0.3 is 9.88 Å². The van der Waals surface area contributed by atoms with Gasteiger partial charge >= 0.3 is 0 Å². The molecule has 10 heteroatoms. The number of nitrogens with one attached hydrogen (secondary N) is 1. The first kappa shape index (κ1) is 25.3. The van der Waals surface area contributed by atoms with Gasteiger partial charge in [-0.1, -0.05) is 13.8 Å². The lowest BCUT2D eigenvalue weighted by atomic mass is 10.1. The Labute approximate surface area is 209 Å². The molecule has 0 spiro atoms. The fourth-order valence-electron chi connectivity index (χ4n) is 4.50. The number of aromatic nitrogens is 2. The number of aryl methyl sites for hydroxylation is 1. The largest absolute Gasteiger partial charge is 0.376 e. The molecule has 4 rings (SSSR count). The summed E-state index contributed by atoms with van der Waals surface area (Å²) in [6.07, 6.45) is 5.93. The van der Waals surface area contributed by atoms with Crippen molar-refractivity contribution in [2.24, 2.45) is 0 Å². The molecule has 2 aromatic heterocycles. The third-order valence-corrected chi connectivity index (χ3v) is 12.8. The van der Waals surface area contributed by atoms with E-state index in [1.54, 1.807) is 36.8 Å². The van der Waals surface area contributed by atoms with Crippen molar-refractivity contribution in [3.63, 3.8) is 0 Å². The Bertz CT molecular complexity index is 1370. The first-order valence-corrected chi connectivity index (χ1v) is 15.7. The molecule has 0 bridgehead atoms. The second-order valence-corrected chi connectivity index (χ2v) is 15.8. The summed E-state index contributed by atoms with van der Waals surface area (Å²) in [6.45, 7) is 8.53. The zero-order valence-corrected chi connectivity index (χ0v) is 23.1. The van der Waals surface area contributed by atoms with Gasteiger partial charge in [-0.3, -0.25) is 9.97 Å². The number of hydrogen-bond donors (Lipinski definition) is 1. The van der Waals surface area contributed by atoms with Gasteiger partial charge in [-0.05, 0) is 59.6 Å². The summed E-state index contributed by atoms with van der Waals surface area (Å²) in [5.74, 6) is 0. The van der Waals surface area contributed by atoms with Crippen LogP contribution in [-0.2, 0) is 14.6 Å². The Balaban J connectivity index is 1.66. The van der Waals surface area contributed by atoms with Crippen LogP contribution in [-0.4, -0.2) is 53.8 Å². The molecule has 1 N–H and O–H groups in total. The van der Waals surface area contributed by atoms with Crippen LogP contribution in [0.25, 0.3) is 10.8 Å². The minimum atomic E-state index is -3.73. The van der Waals surface area contributed by atoms with E-state index in [0.717, 1.165) is 26.8 Å². The lowest BCUT2D eigenvalue weighted by Gasteiger charge is -2.33. The van der Waals surface area contributed by atoms with Gasteiger partial charge in [0.15, 0.2) is 0 Å². The maximum Gasteiger partial charge on any atom is 0.243 e. The monoisotopic (exact) mass is 564 g/mol. The van der Waals surface area contributed by atoms with Crippen LogP contribution in [0.5, 0.6) is 0 Å². The van der Waals surface area contributed by atoms with Gasteiger partial charge in [-0.2, -0.15) is 4.31 Å². The topological polar surface area (TPSA) is 92.3 Å². The molecule has 0 saturated carbocycles. The number of anilines is 1. The van der Waals surface area contributed by atoms with E-state index >= 15 is 0 Å². The van der Waals surface area contributed by atoms with Gasteiger partial charge in [0.2, 0.25) is 10.0 Å². The van der Waals surface area contributed by atoms with Crippen LogP contribution < -0.4 is 5.32 Å². The molecule has 0 aliphatic carbocycles. The highest BCUT2D eigenvalue weighted by Gasteiger charge is 2.37. The highest BCUT2D eigenvalue weighted by atomic mass is 79.9. The number of hydrogen-bond acceptors (Lipinski definition) is 6. The number of fused-ring (bicyclic) bond motifs is 1. The highest BCUT2D eigenvalue weighted by Crippen LogP contribution is 2.52. The van der Waals surface area contributed by atoms with Crippen LogP contribution in [0.4, 0.5) is 5.69 Å². The van der Waals surface area contributed by atoms with Gasteiger partial charge in [-0.15, -0.1) is 0 Å². The fraction of sp³-hybridized carbons (Fsp3) is 0.417. The van der Waals surface area contributed by atoms with E-state index in [0.29, 0.717) is 17.7 Å². The summed E-state index contributed by atoms with van der Waals surface area (Å²) in [5, 5.41) is 4.83. The third kappa shape index (κ3) is 4.81. The zero-order valence-electron chi connectivity index (χ0n) is 19.8. The molecular formula is C24H30BrN4O3PS. The van der Waals surface area contributed by atoms with Crippen LogP contribution >= 0.6 is 23.1 Å². The number of halogens is 1. The van der Waals surface area contributed by atoms with Crippen molar-refractivity contribution in [1.82, 2.24) is 14.3 Å². The molecule has 1 aromatic carbocycles. The molecular weight excluding hydrogens is 535 g/mol. The number of nitrogens with zero attached hydrogens (tertiary/aromatic N) is 3. The Kier molecular flexibility index (Phi) is 7.21. The van der Waals surface area contributed by atoms with Crippen molar-refractivity contribution in [2.45, 2.75) is 44.3 Å². The zero-order chi connectivity index (χ0) is 24.7. The first-order valence-electron chi connectivity index (χ1n) is 11.4. The summed E-state index contributed by atoms with van der Waals surface area (Å²) in [6, 6.07) is 7.12. The maximum atomic E-state index is 13.6. The molecule has 1 fully saturated rings. The van der Waals surface area contributed by atoms with Crippen molar-refractivity contribution < 1.29 is 13.0 Å². The summed E-state index contributed by atoms with van der Waals surface area (Å²) >= 11 is 3.45. The van der Waals surface area contributed by atoms with E-state index in [9.17, 15) is 13.0 Å². The molecule has 0 amide bonds. The van der Waals surface area contributed by atoms with Gasteiger partial charge in [0.25, 0.3) is 0 Å². The van der Waals surface area contributed by atoms with E-state index in [2.05, 4.69) is 31.2 Å². The van der Waals surface area contributed by atoms with Crippen LogP contribution in [0.3, 0.4) is 0 Å². The molecule has 1 saturated heterocycles. The number of benzene rings is 1. The Morgan fingerprint density at radius 2 is 1.79 bits per heavy atom. The molecule has 182 valence electrons. The fourth-order valence-corrected chi connectivity index (χ4v) is 9.27. The Hall–Kier alpha value is -1.80. The number of pyridine rings is 2. The summed E-state index contributed by atoms with van der Waals surface area (Å²) in [7, 11) is -6.06. The third-order valence-electron chi connectivity index (χ3n) is 6.66. The predicted molar refractivity (Wildman–Crippen MR) is 142 cm³/mol. The predicted octanol–water partition coefficient (Wildman–Crippen LogP) is 5.65. The summed E-state index contributed by atoms with van der Waals surface area (Å²) < 4.78 is 42.6. The minimum Gasteiger partial charge on any atom is -0.376 e. The highest BCUT2D eigenvalue weighted by molar-refractivity contribution is 9.10. The van der Waals surface area contributed by atoms with E-state index < -0.39 is 17.2 Å². The molecule has 3 heterocycles. The van der Waals surface area contributed by atoms with Crippen molar-refractivity contribution in [3.05, 3.63) is 58.6 Å². The lowest BCUT2D eigenvalue weighted by Crippen LogP contribution is -2.40. The van der Waals surface area contributed by atoms with Crippen LogP contribution in [0.2, 0.25) is 0 Å². The molecule has 0 radical (unpaired) electrons. The molecule has 1 atom stereocenters. The second-order valence-electron chi connectivity index (χ2n) is 9.15. The smallest absolute Gasteiger partial charge is 0.243 e.